The summed E-state index contributed by atoms with van der Waals surface area (Å²) in [4.78, 5) is 14.2. The van der Waals surface area contributed by atoms with Crippen molar-refractivity contribution in [2.45, 2.75) is 18.7 Å². The number of hydrogen-bond donors (Lipinski definition) is 1. The van der Waals surface area contributed by atoms with E-state index in [1.165, 1.54) is 0 Å². The van der Waals surface area contributed by atoms with Crippen LogP contribution in [-0.2, 0) is 17.1 Å². The summed E-state index contributed by atoms with van der Waals surface area (Å²) >= 11 is 7.37. The molecule has 0 aliphatic rings. The van der Waals surface area contributed by atoms with Gasteiger partial charge in [-0.3, -0.25) is 9.78 Å². The fourth-order valence-corrected chi connectivity index (χ4v) is 2.52. The van der Waals surface area contributed by atoms with Crippen LogP contribution in [0.25, 0.3) is 0 Å². The summed E-state index contributed by atoms with van der Waals surface area (Å²) in [6.07, 6.45) is -1.97. The lowest BCUT2D eigenvalue weighted by Crippen LogP contribution is -2.08. The zero-order valence-corrected chi connectivity index (χ0v) is 10.8. The second-order valence-corrected chi connectivity index (χ2v) is 4.30. The number of halogens is 4. The second kappa shape index (κ2) is 5.72. The highest BCUT2D eigenvalue weighted by Gasteiger charge is 2.19. The van der Waals surface area contributed by atoms with Crippen molar-refractivity contribution in [2.75, 3.05) is 0 Å². The molecule has 0 aliphatic carbocycles. The third kappa shape index (κ3) is 3.00. The summed E-state index contributed by atoms with van der Waals surface area (Å²) in [5, 5.41) is 8.61. The molecule has 0 spiro atoms. The van der Waals surface area contributed by atoms with E-state index in [1.54, 1.807) is 22.6 Å². The first-order valence-corrected chi connectivity index (χ1v) is 5.80. The molecule has 88 valence electrons. The molecule has 0 fully saturated rings. The molecule has 1 aromatic rings. The third-order valence-corrected chi connectivity index (χ3v) is 3.45. The molecule has 0 saturated carbocycles. The maximum atomic E-state index is 12.6. The lowest BCUT2D eigenvalue weighted by Gasteiger charge is -2.10. The molecule has 0 bridgehead atoms. The number of rotatable bonds is 4. The number of carboxylic acids is 1. The van der Waals surface area contributed by atoms with Gasteiger partial charge in [0.05, 0.1) is 12.1 Å². The summed E-state index contributed by atoms with van der Waals surface area (Å²) in [6.45, 7) is 0. The van der Waals surface area contributed by atoms with Crippen molar-refractivity contribution in [1.82, 2.24) is 4.98 Å². The molecule has 3 nitrogen and oxygen atoms in total. The molecule has 1 aromatic heterocycles. The van der Waals surface area contributed by atoms with Gasteiger partial charge in [-0.1, -0.05) is 0 Å². The Balaban J connectivity index is 3.23. The Labute approximate surface area is 109 Å². The van der Waals surface area contributed by atoms with Crippen molar-refractivity contribution < 1.29 is 18.7 Å². The van der Waals surface area contributed by atoms with Gasteiger partial charge in [0, 0.05) is 21.2 Å². The topological polar surface area (TPSA) is 50.2 Å². The minimum absolute atomic E-state index is 0.0902. The summed E-state index contributed by atoms with van der Waals surface area (Å²) < 4.78 is 25.5. The van der Waals surface area contributed by atoms with Gasteiger partial charge in [-0.25, -0.2) is 8.78 Å². The Bertz CT molecular complexity index is 415. The van der Waals surface area contributed by atoms with Gasteiger partial charge < -0.3 is 5.11 Å². The van der Waals surface area contributed by atoms with Gasteiger partial charge in [-0.2, -0.15) is 0 Å². The van der Waals surface area contributed by atoms with Crippen molar-refractivity contribution in [3.63, 3.8) is 0 Å². The van der Waals surface area contributed by atoms with Gasteiger partial charge in [-0.05, 0) is 28.2 Å². The Morgan fingerprint density at radius 3 is 2.69 bits per heavy atom. The van der Waals surface area contributed by atoms with Crippen LogP contribution in [0.3, 0.4) is 0 Å². The lowest BCUT2D eigenvalue weighted by atomic mass is 10.1. The molecule has 0 unspecified atom stereocenters. The summed E-state index contributed by atoms with van der Waals surface area (Å²) in [6, 6.07) is 0. The molecular weight excluding hydrogens is 354 g/mol. The SMILES string of the molecule is O=C(O)Cc1ncc(C(F)F)c(CCl)c1I. The molecule has 0 radical (unpaired) electrons. The Kier molecular flexibility index (Phi) is 4.85. The average molecular weight is 362 g/mol. The fraction of sp³-hybridized carbons (Fsp3) is 0.333. The first-order valence-electron chi connectivity index (χ1n) is 4.19. The second-order valence-electron chi connectivity index (χ2n) is 2.96. The van der Waals surface area contributed by atoms with E-state index < -0.39 is 12.4 Å². The predicted octanol–water partition coefficient (Wildman–Crippen LogP) is 2.99. The van der Waals surface area contributed by atoms with E-state index >= 15 is 0 Å². The van der Waals surface area contributed by atoms with Crippen molar-refractivity contribution in [3.05, 3.63) is 26.6 Å². The minimum atomic E-state index is -2.66. The minimum Gasteiger partial charge on any atom is -0.481 e. The van der Waals surface area contributed by atoms with E-state index in [0.29, 0.717) is 3.57 Å². The van der Waals surface area contributed by atoms with Gasteiger partial charge in [0.1, 0.15) is 0 Å². The van der Waals surface area contributed by atoms with E-state index in [2.05, 4.69) is 4.98 Å². The summed E-state index contributed by atoms with van der Waals surface area (Å²) in [5.74, 6) is -1.15. The van der Waals surface area contributed by atoms with Crippen LogP contribution in [0.1, 0.15) is 23.2 Å². The zero-order valence-electron chi connectivity index (χ0n) is 7.88. The monoisotopic (exact) mass is 361 g/mol. The lowest BCUT2D eigenvalue weighted by molar-refractivity contribution is -0.136. The zero-order chi connectivity index (χ0) is 12.3. The smallest absolute Gasteiger partial charge is 0.309 e. The maximum Gasteiger partial charge on any atom is 0.309 e. The number of carboxylic acid groups (broad SMARTS) is 1. The van der Waals surface area contributed by atoms with Crippen molar-refractivity contribution in [1.29, 1.82) is 0 Å². The number of alkyl halides is 3. The standard InChI is InChI=1S/C9H7ClF2INO2/c10-2-4-5(9(11)12)3-14-6(8(4)13)1-7(15)16/h3,9H,1-2H2,(H,15,16). The van der Waals surface area contributed by atoms with Crippen LogP contribution in [0.2, 0.25) is 0 Å². The molecular formula is C9H7ClF2INO2. The van der Waals surface area contributed by atoms with Crippen LogP contribution in [0.15, 0.2) is 6.20 Å². The number of carbonyl (C=O) groups is 1. The highest BCUT2D eigenvalue weighted by Crippen LogP contribution is 2.28. The summed E-state index contributed by atoms with van der Waals surface area (Å²) in [5.41, 5.74) is 0.269. The van der Waals surface area contributed by atoms with E-state index in [0.717, 1.165) is 6.20 Å². The van der Waals surface area contributed by atoms with Crippen LogP contribution < -0.4 is 0 Å². The van der Waals surface area contributed by atoms with Gasteiger partial charge in [0.2, 0.25) is 0 Å². The molecule has 0 amide bonds. The first kappa shape index (κ1) is 13.6. The predicted molar refractivity (Wildman–Crippen MR) is 62.8 cm³/mol. The van der Waals surface area contributed by atoms with Crippen LogP contribution in [0.4, 0.5) is 8.78 Å². The van der Waals surface area contributed by atoms with Crippen LogP contribution in [0, 0.1) is 3.57 Å². The third-order valence-electron chi connectivity index (χ3n) is 1.91. The molecule has 1 heterocycles. The highest BCUT2D eigenvalue weighted by molar-refractivity contribution is 14.1. The van der Waals surface area contributed by atoms with Gasteiger partial charge in [0.15, 0.2) is 0 Å². The van der Waals surface area contributed by atoms with Gasteiger partial charge in [-0.15, -0.1) is 11.6 Å². The maximum absolute atomic E-state index is 12.6. The van der Waals surface area contributed by atoms with E-state index in [4.69, 9.17) is 16.7 Å². The Morgan fingerprint density at radius 1 is 1.62 bits per heavy atom. The van der Waals surface area contributed by atoms with E-state index in [9.17, 15) is 13.6 Å². The molecule has 0 aliphatic heterocycles. The highest BCUT2D eigenvalue weighted by atomic mass is 127. The van der Waals surface area contributed by atoms with E-state index in [-0.39, 0.29) is 29.1 Å². The van der Waals surface area contributed by atoms with Gasteiger partial charge >= 0.3 is 5.97 Å². The van der Waals surface area contributed by atoms with Crippen molar-refractivity contribution in [2.24, 2.45) is 0 Å². The number of hydrogen-bond acceptors (Lipinski definition) is 2. The van der Waals surface area contributed by atoms with Crippen molar-refractivity contribution >= 4 is 40.2 Å². The number of pyridine rings is 1. The van der Waals surface area contributed by atoms with Crippen LogP contribution in [-0.4, -0.2) is 16.1 Å². The largest absolute Gasteiger partial charge is 0.481 e. The van der Waals surface area contributed by atoms with Crippen LogP contribution in [0.5, 0.6) is 0 Å². The number of nitrogens with zero attached hydrogens (tertiary/aromatic N) is 1. The molecule has 0 saturated heterocycles. The molecule has 0 atom stereocenters. The Hall–Kier alpha value is -0.500. The molecule has 7 heteroatoms. The number of aliphatic carboxylic acids is 1. The Morgan fingerprint density at radius 2 is 2.25 bits per heavy atom. The molecule has 0 aromatic carbocycles. The first-order chi connectivity index (χ1) is 7.47. The van der Waals surface area contributed by atoms with Crippen molar-refractivity contribution in [3.8, 4) is 0 Å². The van der Waals surface area contributed by atoms with E-state index in [1.807, 2.05) is 0 Å². The molecule has 1 N–H and O–H groups in total. The quantitative estimate of drug-likeness (QED) is 0.662. The average Bonchev–Trinajstić information content (AvgIpc) is 2.19. The molecule has 16 heavy (non-hydrogen) atoms. The normalized spacial score (nSPS) is 10.8. The fourth-order valence-electron chi connectivity index (χ4n) is 1.17. The summed E-state index contributed by atoms with van der Waals surface area (Å²) in [7, 11) is 0. The van der Waals surface area contributed by atoms with Crippen LogP contribution >= 0.6 is 34.2 Å². The molecule has 1 rings (SSSR count). The number of aromatic nitrogens is 1. The van der Waals surface area contributed by atoms with Gasteiger partial charge in [0.25, 0.3) is 6.43 Å².